The van der Waals surface area contributed by atoms with Gasteiger partial charge in [-0.3, -0.25) is 0 Å². The first kappa shape index (κ1) is 17.1. The van der Waals surface area contributed by atoms with Gasteiger partial charge in [0.25, 0.3) is 0 Å². The van der Waals surface area contributed by atoms with E-state index in [-0.39, 0.29) is 0 Å². The van der Waals surface area contributed by atoms with Crippen molar-refractivity contribution in [2.45, 2.75) is 0 Å². The van der Waals surface area contributed by atoms with E-state index in [0.717, 1.165) is 16.0 Å². The van der Waals surface area contributed by atoms with Crippen LogP contribution in [0.25, 0.3) is 11.3 Å². The van der Waals surface area contributed by atoms with Gasteiger partial charge >= 0.3 is 6.09 Å². The van der Waals surface area contributed by atoms with E-state index < -0.39 is 6.09 Å². The highest BCUT2D eigenvalue weighted by atomic mass is 16.5. The number of para-hydroxylation sites is 1. The van der Waals surface area contributed by atoms with Crippen molar-refractivity contribution in [3.05, 3.63) is 60.7 Å². The molecule has 1 aliphatic rings. The second-order valence-electron chi connectivity index (χ2n) is 6.12. The third-order valence-electron chi connectivity index (χ3n) is 4.34. The summed E-state index contributed by atoms with van der Waals surface area (Å²) in [6, 6.07) is 18.8. The summed E-state index contributed by atoms with van der Waals surface area (Å²) in [7, 11) is 0. The lowest BCUT2D eigenvalue weighted by atomic mass is 10.1. The molecule has 1 N–H and O–H groups in total. The maximum Gasteiger partial charge on any atom is 0.434 e. The van der Waals surface area contributed by atoms with Gasteiger partial charge in [0.05, 0.1) is 18.9 Å². The molecule has 2 heterocycles. The molecule has 1 saturated heterocycles. The average molecular weight is 365 g/mol. The van der Waals surface area contributed by atoms with Gasteiger partial charge in [0.15, 0.2) is 0 Å². The van der Waals surface area contributed by atoms with Crippen LogP contribution in [-0.2, 0) is 4.74 Å². The molecule has 0 radical (unpaired) electrons. The number of hydrogen-bond donors (Lipinski definition) is 1. The molecule has 1 aliphatic heterocycles. The molecular weight excluding hydrogens is 346 g/mol. The third-order valence-corrected chi connectivity index (χ3v) is 4.34. The van der Waals surface area contributed by atoms with Crippen molar-refractivity contribution in [2.75, 3.05) is 31.2 Å². The molecule has 2 aromatic carbocycles. The second kappa shape index (κ2) is 7.51. The summed E-state index contributed by atoms with van der Waals surface area (Å²) in [4.78, 5) is 13.6. The Morgan fingerprint density at radius 2 is 1.67 bits per heavy atom. The van der Waals surface area contributed by atoms with E-state index >= 15 is 0 Å². The Kier molecular flexibility index (Phi) is 4.76. The minimum atomic E-state index is -1.10. The van der Waals surface area contributed by atoms with Gasteiger partial charge in [0.2, 0.25) is 0 Å². The molecule has 0 atom stereocenters. The average Bonchev–Trinajstić information content (AvgIpc) is 3.16. The maximum absolute atomic E-state index is 11.6. The Balaban J connectivity index is 1.58. The van der Waals surface area contributed by atoms with Crippen molar-refractivity contribution in [1.82, 2.24) is 9.78 Å². The summed E-state index contributed by atoms with van der Waals surface area (Å²) in [5.74, 6) is 2.02. The van der Waals surface area contributed by atoms with Crippen LogP contribution in [0.5, 0.6) is 11.5 Å². The van der Waals surface area contributed by atoms with Crippen molar-refractivity contribution in [3.8, 4) is 22.8 Å². The Hall–Kier alpha value is -3.32. The SMILES string of the molecule is O=C(O)n1nc(-c2ccc(Oc3ccccc3)cc2)cc1N1CCOCC1. The normalized spacial score (nSPS) is 14.1. The van der Waals surface area contributed by atoms with Gasteiger partial charge in [-0.15, -0.1) is 4.68 Å². The molecule has 7 nitrogen and oxygen atoms in total. The first-order valence-corrected chi connectivity index (χ1v) is 8.70. The van der Waals surface area contributed by atoms with Crippen LogP contribution in [0.1, 0.15) is 0 Å². The molecule has 0 bridgehead atoms. The van der Waals surface area contributed by atoms with Crippen LogP contribution in [0.2, 0.25) is 0 Å². The van der Waals surface area contributed by atoms with E-state index in [0.29, 0.717) is 43.6 Å². The van der Waals surface area contributed by atoms with Gasteiger partial charge in [-0.25, -0.2) is 4.79 Å². The Bertz CT molecular complexity index is 916. The quantitative estimate of drug-likeness (QED) is 0.760. The number of benzene rings is 2. The molecule has 0 spiro atoms. The number of aromatic nitrogens is 2. The lowest BCUT2D eigenvalue weighted by Gasteiger charge is -2.27. The number of rotatable bonds is 4. The summed E-state index contributed by atoms with van der Waals surface area (Å²) in [5.41, 5.74) is 1.43. The number of carbonyl (C=O) groups is 1. The van der Waals surface area contributed by atoms with E-state index in [1.807, 2.05) is 59.5 Å². The summed E-state index contributed by atoms with van der Waals surface area (Å²) in [5, 5.41) is 13.7. The molecule has 1 aromatic heterocycles. The molecule has 0 aliphatic carbocycles. The van der Waals surface area contributed by atoms with Crippen molar-refractivity contribution in [1.29, 1.82) is 0 Å². The van der Waals surface area contributed by atoms with Crippen molar-refractivity contribution >= 4 is 11.9 Å². The molecular formula is C20H19N3O4. The van der Waals surface area contributed by atoms with Crippen LogP contribution in [0.4, 0.5) is 10.6 Å². The molecule has 0 saturated carbocycles. The van der Waals surface area contributed by atoms with Gasteiger partial charge in [-0.2, -0.15) is 5.10 Å². The molecule has 27 heavy (non-hydrogen) atoms. The van der Waals surface area contributed by atoms with Crippen LogP contribution in [-0.4, -0.2) is 47.3 Å². The fourth-order valence-electron chi connectivity index (χ4n) is 2.99. The monoisotopic (exact) mass is 365 g/mol. The number of carboxylic acid groups (broad SMARTS) is 1. The molecule has 138 valence electrons. The summed E-state index contributed by atoms with van der Waals surface area (Å²) < 4.78 is 12.2. The fraction of sp³-hybridized carbons (Fsp3) is 0.200. The summed E-state index contributed by atoms with van der Waals surface area (Å²) in [6.45, 7) is 2.43. The number of anilines is 1. The number of hydrogen-bond acceptors (Lipinski definition) is 5. The number of morpholine rings is 1. The van der Waals surface area contributed by atoms with E-state index in [1.54, 1.807) is 6.07 Å². The van der Waals surface area contributed by atoms with Crippen LogP contribution in [0.3, 0.4) is 0 Å². The Morgan fingerprint density at radius 1 is 1.00 bits per heavy atom. The van der Waals surface area contributed by atoms with Gasteiger partial charge in [-0.1, -0.05) is 18.2 Å². The second-order valence-corrected chi connectivity index (χ2v) is 6.12. The van der Waals surface area contributed by atoms with Gasteiger partial charge in [0.1, 0.15) is 17.3 Å². The molecule has 3 aromatic rings. The molecule has 7 heteroatoms. The minimum absolute atomic E-state index is 0.561. The molecule has 0 amide bonds. The lowest BCUT2D eigenvalue weighted by molar-refractivity contribution is 0.121. The van der Waals surface area contributed by atoms with Gasteiger partial charge in [-0.05, 0) is 36.4 Å². The van der Waals surface area contributed by atoms with Crippen molar-refractivity contribution in [2.24, 2.45) is 0 Å². The Labute approximate surface area is 156 Å². The number of ether oxygens (including phenoxy) is 2. The summed E-state index contributed by atoms with van der Waals surface area (Å²) in [6.07, 6.45) is -1.10. The lowest BCUT2D eigenvalue weighted by Crippen LogP contribution is -2.38. The van der Waals surface area contributed by atoms with E-state index in [1.165, 1.54) is 0 Å². The largest absolute Gasteiger partial charge is 0.463 e. The van der Waals surface area contributed by atoms with Crippen LogP contribution in [0, 0.1) is 0 Å². The predicted octanol–water partition coefficient (Wildman–Crippen LogP) is 3.71. The zero-order chi connectivity index (χ0) is 18.6. The van der Waals surface area contributed by atoms with Crippen LogP contribution >= 0.6 is 0 Å². The third kappa shape index (κ3) is 3.78. The van der Waals surface area contributed by atoms with Gasteiger partial charge < -0.3 is 19.5 Å². The molecule has 4 rings (SSSR count). The highest BCUT2D eigenvalue weighted by Crippen LogP contribution is 2.28. The molecule has 1 fully saturated rings. The maximum atomic E-state index is 11.6. The Morgan fingerprint density at radius 3 is 2.33 bits per heavy atom. The zero-order valence-electron chi connectivity index (χ0n) is 14.6. The highest BCUT2D eigenvalue weighted by molar-refractivity contribution is 5.76. The van der Waals surface area contributed by atoms with Crippen LogP contribution in [0.15, 0.2) is 60.7 Å². The fourth-order valence-corrected chi connectivity index (χ4v) is 2.99. The first-order valence-electron chi connectivity index (χ1n) is 8.70. The van der Waals surface area contributed by atoms with Crippen molar-refractivity contribution < 1.29 is 19.4 Å². The number of nitrogens with zero attached hydrogens (tertiary/aromatic N) is 3. The molecule has 0 unspecified atom stereocenters. The van der Waals surface area contributed by atoms with Crippen LogP contribution < -0.4 is 9.64 Å². The standard InChI is InChI=1S/C20H19N3O4/c24-20(25)23-19(22-10-12-26-13-11-22)14-18(21-23)15-6-8-17(9-7-15)27-16-4-2-1-3-5-16/h1-9,14H,10-13H2,(H,24,25). The minimum Gasteiger partial charge on any atom is -0.463 e. The first-order chi connectivity index (χ1) is 13.2. The predicted molar refractivity (Wildman–Crippen MR) is 101 cm³/mol. The van der Waals surface area contributed by atoms with E-state index in [9.17, 15) is 9.90 Å². The van der Waals surface area contributed by atoms with Gasteiger partial charge in [0, 0.05) is 24.7 Å². The van der Waals surface area contributed by atoms with E-state index in [4.69, 9.17) is 9.47 Å². The van der Waals surface area contributed by atoms with Crippen molar-refractivity contribution in [3.63, 3.8) is 0 Å². The smallest absolute Gasteiger partial charge is 0.434 e. The topological polar surface area (TPSA) is 76.8 Å². The highest BCUT2D eigenvalue weighted by Gasteiger charge is 2.21. The van der Waals surface area contributed by atoms with E-state index in [2.05, 4.69) is 5.10 Å². The zero-order valence-corrected chi connectivity index (χ0v) is 14.6. The summed E-state index contributed by atoms with van der Waals surface area (Å²) >= 11 is 0.